The molecule has 0 spiro atoms. The first-order valence-electron chi connectivity index (χ1n) is 8.99. The minimum absolute atomic E-state index is 0.0121. The van der Waals surface area contributed by atoms with Gasteiger partial charge in [0.15, 0.2) is 5.82 Å². The first-order valence-corrected chi connectivity index (χ1v) is 9.75. The molecule has 0 fully saturated rings. The van der Waals surface area contributed by atoms with Crippen LogP contribution in [-0.4, -0.2) is 21.0 Å². The van der Waals surface area contributed by atoms with Gasteiger partial charge < -0.3 is 10.3 Å². The molecule has 3 N–H and O–H groups in total. The van der Waals surface area contributed by atoms with Crippen LogP contribution in [0.4, 0.5) is 16.1 Å². The van der Waals surface area contributed by atoms with E-state index >= 15 is 0 Å². The zero-order valence-corrected chi connectivity index (χ0v) is 17.3. The Kier molecular flexibility index (Phi) is 5.83. The highest BCUT2D eigenvalue weighted by Gasteiger charge is 2.24. The van der Waals surface area contributed by atoms with Gasteiger partial charge in [0, 0.05) is 21.8 Å². The smallest absolute Gasteiger partial charge is 0.243 e. The van der Waals surface area contributed by atoms with Crippen LogP contribution in [0.5, 0.6) is 0 Å². The van der Waals surface area contributed by atoms with Gasteiger partial charge in [0.1, 0.15) is 22.9 Å². The molecule has 31 heavy (non-hydrogen) atoms. The van der Waals surface area contributed by atoms with E-state index in [1.165, 1.54) is 36.5 Å². The lowest BCUT2D eigenvalue weighted by Crippen LogP contribution is -2.15. The van der Waals surface area contributed by atoms with E-state index in [2.05, 4.69) is 20.4 Å². The second kappa shape index (κ2) is 8.71. The highest BCUT2D eigenvalue weighted by molar-refractivity contribution is 6.36. The lowest BCUT2D eigenvalue weighted by Gasteiger charge is -2.08. The molecule has 0 bridgehead atoms. The molecular formula is C21H14Cl2FN5O2. The Morgan fingerprint density at radius 1 is 1.10 bits per heavy atom. The van der Waals surface area contributed by atoms with Crippen molar-refractivity contribution in [3.63, 3.8) is 0 Å². The van der Waals surface area contributed by atoms with E-state index in [0.717, 1.165) is 0 Å². The largest absolute Gasteiger partial charge is 0.384 e. The Morgan fingerprint density at radius 2 is 1.81 bits per heavy atom. The van der Waals surface area contributed by atoms with Crippen LogP contribution in [0.3, 0.4) is 0 Å². The number of nitrogen functional groups attached to an aromatic ring is 1. The molecule has 10 heteroatoms. The zero-order valence-electron chi connectivity index (χ0n) is 15.8. The maximum absolute atomic E-state index is 13.4. The number of halogens is 3. The van der Waals surface area contributed by atoms with Gasteiger partial charge in [-0.25, -0.2) is 14.4 Å². The Hall–Kier alpha value is -3.49. The van der Waals surface area contributed by atoms with E-state index in [-0.39, 0.29) is 23.9 Å². The molecule has 0 saturated carbocycles. The van der Waals surface area contributed by atoms with E-state index in [4.69, 9.17) is 33.5 Å². The number of hydrogen-bond acceptors (Lipinski definition) is 6. The zero-order chi connectivity index (χ0) is 22.0. The number of nitrogens with one attached hydrogen (secondary N) is 1. The standard InChI is InChI=1S/C21H14Cl2FN5O2/c22-14-2-1-3-15(23)13(14)10-17(30)28-21-18(20-26-9-8-16(25)27-20)19(29-31-21)11-4-6-12(24)7-5-11/h1-9H,10H2,(H,28,30)(H2,25,26,27). The summed E-state index contributed by atoms with van der Waals surface area (Å²) >= 11 is 12.3. The second-order valence-electron chi connectivity index (χ2n) is 6.47. The van der Waals surface area contributed by atoms with Crippen molar-refractivity contribution in [2.24, 2.45) is 0 Å². The molecule has 0 aliphatic carbocycles. The fraction of sp³-hybridized carbons (Fsp3) is 0.0476. The number of hydrogen-bond donors (Lipinski definition) is 2. The van der Waals surface area contributed by atoms with Crippen LogP contribution in [0.1, 0.15) is 5.56 Å². The van der Waals surface area contributed by atoms with Gasteiger partial charge in [0.05, 0.1) is 6.42 Å². The second-order valence-corrected chi connectivity index (χ2v) is 7.29. The molecule has 0 atom stereocenters. The molecule has 2 heterocycles. The summed E-state index contributed by atoms with van der Waals surface area (Å²) in [6.45, 7) is 0. The predicted octanol–water partition coefficient (Wildman–Crippen LogP) is 5.01. The Labute approximate surface area is 186 Å². The maximum Gasteiger partial charge on any atom is 0.243 e. The third-order valence-corrected chi connectivity index (χ3v) is 5.07. The average molecular weight is 458 g/mol. The van der Waals surface area contributed by atoms with Crippen LogP contribution in [0, 0.1) is 5.82 Å². The summed E-state index contributed by atoms with van der Waals surface area (Å²) in [6.07, 6.45) is 1.37. The number of aromatic nitrogens is 3. The van der Waals surface area contributed by atoms with E-state index in [0.29, 0.717) is 32.4 Å². The van der Waals surface area contributed by atoms with Crippen LogP contribution in [0.2, 0.25) is 10.0 Å². The lowest BCUT2D eigenvalue weighted by atomic mass is 10.1. The summed E-state index contributed by atoms with van der Waals surface area (Å²) in [7, 11) is 0. The summed E-state index contributed by atoms with van der Waals surface area (Å²) in [5.41, 5.74) is 7.43. The summed E-state index contributed by atoms with van der Waals surface area (Å²) in [6, 6.07) is 12.1. The predicted molar refractivity (Wildman–Crippen MR) is 116 cm³/mol. The SMILES string of the molecule is Nc1ccnc(-c2c(-c3ccc(F)cc3)noc2NC(=O)Cc2c(Cl)cccc2Cl)n1. The molecule has 4 rings (SSSR count). The quantitative estimate of drug-likeness (QED) is 0.436. The fourth-order valence-electron chi connectivity index (χ4n) is 2.91. The van der Waals surface area contributed by atoms with Crippen LogP contribution in [-0.2, 0) is 11.2 Å². The van der Waals surface area contributed by atoms with Gasteiger partial charge >= 0.3 is 0 Å². The molecule has 7 nitrogen and oxygen atoms in total. The van der Waals surface area contributed by atoms with Crippen molar-refractivity contribution in [1.82, 2.24) is 15.1 Å². The van der Waals surface area contributed by atoms with E-state index < -0.39 is 11.7 Å². The first kappa shape index (κ1) is 20.8. The molecular weight excluding hydrogens is 444 g/mol. The fourth-order valence-corrected chi connectivity index (χ4v) is 3.44. The average Bonchev–Trinajstić information content (AvgIpc) is 3.15. The minimum Gasteiger partial charge on any atom is -0.384 e. The van der Waals surface area contributed by atoms with Crippen molar-refractivity contribution in [1.29, 1.82) is 0 Å². The van der Waals surface area contributed by atoms with Gasteiger partial charge in [-0.15, -0.1) is 0 Å². The van der Waals surface area contributed by atoms with Crippen molar-refractivity contribution < 1.29 is 13.7 Å². The summed E-state index contributed by atoms with van der Waals surface area (Å²) in [5, 5.41) is 7.42. The van der Waals surface area contributed by atoms with Crippen molar-refractivity contribution in [2.75, 3.05) is 11.1 Å². The molecule has 4 aromatic rings. The van der Waals surface area contributed by atoms with Crippen molar-refractivity contribution in [3.8, 4) is 22.6 Å². The van der Waals surface area contributed by atoms with Gasteiger partial charge in [-0.2, -0.15) is 0 Å². The maximum atomic E-state index is 13.4. The number of nitrogens with zero attached hydrogens (tertiary/aromatic N) is 3. The highest BCUT2D eigenvalue weighted by Crippen LogP contribution is 2.36. The summed E-state index contributed by atoms with van der Waals surface area (Å²) < 4.78 is 18.7. The molecule has 0 aliphatic heterocycles. The van der Waals surface area contributed by atoms with Gasteiger partial charge in [0.2, 0.25) is 11.8 Å². The molecule has 0 radical (unpaired) electrons. The monoisotopic (exact) mass is 457 g/mol. The molecule has 0 unspecified atom stereocenters. The van der Waals surface area contributed by atoms with Gasteiger partial charge in [0.25, 0.3) is 0 Å². The van der Waals surface area contributed by atoms with Crippen LogP contribution >= 0.6 is 23.2 Å². The normalized spacial score (nSPS) is 10.8. The van der Waals surface area contributed by atoms with Crippen molar-refractivity contribution in [3.05, 3.63) is 76.2 Å². The van der Waals surface area contributed by atoms with Crippen molar-refractivity contribution in [2.45, 2.75) is 6.42 Å². The minimum atomic E-state index is -0.443. The molecule has 1 amide bonds. The number of carbonyl (C=O) groups is 1. The number of carbonyl (C=O) groups excluding carboxylic acids is 1. The van der Waals surface area contributed by atoms with Gasteiger partial charge in [-0.1, -0.05) is 34.4 Å². The molecule has 0 aliphatic rings. The lowest BCUT2D eigenvalue weighted by molar-refractivity contribution is -0.115. The topological polar surface area (TPSA) is 107 Å². The third-order valence-electron chi connectivity index (χ3n) is 4.36. The van der Waals surface area contributed by atoms with E-state index in [1.807, 2.05) is 0 Å². The van der Waals surface area contributed by atoms with Gasteiger partial charge in [-0.05, 0) is 48.0 Å². The van der Waals surface area contributed by atoms with Gasteiger partial charge in [-0.3, -0.25) is 10.1 Å². The summed E-state index contributed by atoms with van der Waals surface area (Å²) in [5.74, 6) is -0.428. The summed E-state index contributed by atoms with van der Waals surface area (Å²) in [4.78, 5) is 21.1. The van der Waals surface area contributed by atoms with Crippen LogP contribution in [0.25, 0.3) is 22.6 Å². The Morgan fingerprint density at radius 3 is 2.48 bits per heavy atom. The van der Waals surface area contributed by atoms with Crippen molar-refractivity contribution >= 4 is 40.8 Å². The van der Waals surface area contributed by atoms with E-state index in [1.54, 1.807) is 18.2 Å². The molecule has 2 aromatic carbocycles. The Balaban J connectivity index is 1.72. The molecule has 156 valence electrons. The Bertz CT molecular complexity index is 1240. The highest BCUT2D eigenvalue weighted by atomic mass is 35.5. The first-order chi connectivity index (χ1) is 14.9. The number of amides is 1. The molecule has 2 aromatic heterocycles. The van der Waals surface area contributed by atoms with E-state index in [9.17, 15) is 9.18 Å². The number of benzene rings is 2. The third kappa shape index (κ3) is 4.50. The van der Waals surface area contributed by atoms with Crippen LogP contribution in [0.15, 0.2) is 59.3 Å². The van der Waals surface area contributed by atoms with Crippen LogP contribution < -0.4 is 11.1 Å². The number of rotatable bonds is 5. The number of anilines is 2. The molecule has 0 saturated heterocycles. The number of nitrogens with two attached hydrogens (primary N) is 1.